The SMILES string of the molecule is CC(C)NC(=NCC1CCS(=O)(=O)C1)NC1CCOc2ccc(F)cc21.I. The minimum atomic E-state index is -2.91. The summed E-state index contributed by atoms with van der Waals surface area (Å²) in [5.41, 5.74) is 0.776. The van der Waals surface area contributed by atoms with E-state index in [1.165, 1.54) is 12.1 Å². The highest BCUT2D eigenvalue weighted by atomic mass is 127. The molecule has 152 valence electrons. The lowest BCUT2D eigenvalue weighted by Gasteiger charge is -2.29. The van der Waals surface area contributed by atoms with Crippen LogP contribution in [0.4, 0.5) is 4.39 Å². The third-order valence-corrected chi connectivity index (χ3v) is 6.42. The Bertz CT molecular complexity index is 786. The summed E-state index contributed by atoms with van der Waals surface area (Å²) < 4.78 is 42.5. The number of rotatable bonds is 4. The minimum Gasteiger partial charge on any atom is -0.493 e. The fraction of sp³-hybridized carbons (Fsp3) is 0.611. The first-order chi connectivity index (χ1) is 12.3. The molecule has 0 aliphatic carbocycles. The molecule has 2 aliphatic rings. The van der Waals surface area contributed by atoms with Crippen molar-refractivity contribution in [2.45, 2.75) is 38.8 Å². The van der Waals surface area contributed by atoms with Gasteiger partial charge < -0.3 is 15.4 Å². The zero-order valence-corrected chi connectivity index (χ0v) is 18.7. The summed E-state index contributed by atoms with van der Waals surface area (Å²) in [5.74, 6) is 1.52. The highest BCUT2D eigenvalue weighted by Gasteiger charge is 2.28. The van der Waals surface area contributed by atoms with Crippen LogP contribution in [-0.2, 0) is 9.84 Å². The predicted octanol–water partition coefficient (Wildman–Crippen LogP) is 2.65. The second-order valence-corrected chi connectivity index (χ2v) is 9.50. The largest absolute Gasteiger partial charge is 0.493 e. The Labute approximate surface area is 177 Å². The molecule has 0 aromatic heterocycles. The lowest BCUT2D eigenvalue weighted by atomic mass is 10.0. The molecule has 1 saturated heterocycles. The van der Waals surface area contributed by atoms with Crippen LogP contribution in [0.2, 0.25) is 0 Å². The number of guanidine groups is 1. The van der Waals surface area contributed by atoms with E-state index in [0.717, 1.165) is 5.56 Å². The molecule has 27 heavy (non-hydrogen) atoms. The van der Waals surface area contributed by atoms with Crippen molar-refractivity contribution in [1.29, 1.82) is 0 Å². The summed E-state index contributed by atoms with van der Waals surface area (Å²) in [7, 11) is -2.91. The second kappa shape index (κ2) is 9.40. The molecule has 2 heterocycles. The number of aliphatic imine (C=N–C) groups is 1. The number of sulfone groups is 1. The Balaban J connectivity index is 0.00000261. The topological polar surface area (TPSA) is 79.8 Å². The van der Waals surface area contributed by atoms with E-state index in [1.807, 2.05) is 13.8 Å². The van der Waals surface area contributed by atoms with Crippen LogP contribution >= 0.6 is 24.0 Å². The van der Waals surface area contributed by atoms with E-state index in [9.17, 15) is 12.8 Å². The molecule has 2 aliphatic heterocycles. The Kier molecular flexibility index (Phi) is 7.73. The fourth-order valence-electron chi connectivity index (χ4n) is 3.32. The second-order valence-electron chi connectivity index (χ2n) is 7.27. The zero-order valence-electron chi connectivity index (χ0n) is 15.6. The lowest BCUT2D eigenvalue weighted by Crippen LogP contribution is -2.44. The van der Waals surface area contributed by atoms with Crippen LogP contribution in [0.5, 0.6) is 5.75 Å². The van der Waals surface area contributed by atoms with Crippen LogP contribution in [0, 0.1) is 11.7 Å². The molecule has 2 atom stereocenters. The van der Waals surface area contributed by atoms with Crippen LogP contribution in [-0.4, -0.2) is 45.1 Å². The summed E-state index contributed by atoms with van der Waals surface area (Å²) in [6.07, 6.45) is 1.36. The Hall–Kier alpha value is -1.10. The van der Waals surface area contributed by atoms with Gasteiger partial charge in [-0.25, -0.2) is 12.8 Å². The molecule has 2 unspecified atom stereocenters. The third-order valence-electron chi connectivity index (χ3n) is 4.58. The average Bonchev–Trinajstić information content (AvgIpc) is 2.92. The van der Waals surface area contributed by atoms with E-state index in [1.54, 1.807) is 6.07 Å². The molecule has 0 radical (unpaired) electrons. The summed E-state index contributed by atoms with van der Waals surface area (Å²) in [4.78, 5) is 4.60. The van der Waals surface area contributed by atoms with Crippen molar-refractivity contribution < 1.29 is 17.5 Å². The maximum atomic E-state index is 13.7. The van der Waals surface area contributed by atoms with Crippen LogP contribution in [0.25, 0.3) is 0 Å². The van der Waals surface area contributed by atoms with Crippen molar-refractivity contribution in [1.82, 2.24) is 10.6 Å². The number of nitrogens with zero attached hydrogens (tertiary/aromatic N) is 1. The van der Waals surface area contributed by atoms with Gasteiger partial charge in [-0.05, 0) is 44.4 Å². The molecule has 1 aromatic rings. The van der Waals surface area contributed by atoms with E-state index in [0.29, 0.717) is 37.7 Å². The average molecular weight is 511 g/mol. The first-order valence-corrected chi connectivity index (χ1v) is 10.8. The molecule has 0 saturated carbocycles. The van der Waals surface area contributed by atoms with Gasteiger partial charge in [-0.3, -0.25) is 4.99 Å². The zero-order chi connectivity index (χ0) is 18.7. The van der Waals surface area contributed by atoms with Gasteiger partial charge in [-0.15, -0.1) is 24.0 Å². The molecule has 2 N–H and O–H groups in total. The van der Waals surface area contributed by atoms with Crippen molar-refractivity contribution in [3.8, 4) is 5.75 Å². The number of fused-ring (bicyclic) bond motifs is 1. The fourth-order valence-corrected chi connectivity index (χ4v) is 5.17. The predicted molar refractivity (Wildman–Crippen MR) is 115 cm³/mol. The molecular weight excluding hydrogens is 484 g/mol. The van der Waals surface area contributed by atoms with E-state index < -0.39 is 9.84 Å². The van der Waals surface area contributed by atoms with E-state index in [-0.39, 0.29) is 59.3 Å². The number of benzene rings is 1. The Morgan fingerprint density at radius 1 is 1.37 bits per heavy atom. The van der Waals surface area contributed by atoms with Crippen LogP contribution in [0.15, 0.2) is 23.2 Å². The van der Waals surface area contributed by atoms with Crippen LogP contribution in [0.1, 0.15) is 38.3 Å². The van der Waals surface area contributed by atoms with Crippen molar-refractivity contribution in [2.75, 3.05) is 24.7 Å². The number of halogens is 2. The van der Waals surface area contributed by atoms with Gasteiger partial charge in [0.1, 0.15) is 11.6 Å². The van der Waals surface area contributed by atoms with Crippen molar-refractivity contribution in [3.63, 3.8) is 0 Å². The number of hydrogen-bond donors (Lipinski definition) is 2. The first kappa shape index (κ1) is 22.2. The molecule has 9 heteroatoms. The van der Waals surface area contributed by atoms with Gasteiger partial charge in [0.15, 0.2) is 15.8 Å². The molecule has 1 fully saturated rings. The molecule has 0 amide bonds. The molecule has 3 rings (SSSR count). The molecule has 0 spiro atoms. The number of hydrogen-bond acceptors (Lipinski definition) is 4. The van der Waals surface area contributed by atoms with Crippen molar-refractivity contribution in [2.24, 2.45) is 10.9 Å². The van der Waals surface area contributed by atoms with Crippen LogP contribution in [0.3, 0.4) is 0 Å². The summed E-state index contributed by atoms with van der Waals surface area (Å²) in [5, 5.41) is 6.63. The molecule has 6 nitrogen and oxygen atoms in total. The van der Waals surface area contributed by atoms with E-state index in [4.69, 9.17) is 4.74 Å². The summed E-state index contributed by atoms with van der Waals surface area (Å²) in [6.45, 7) is 5.02. The van der Waals surface area contributed by atoms with Gasteiger partial charge in [0.05, 0.1) is 24.2 Å². The molecule has 1 aromatic carbocycles. The van der Waals surface area contributed by atoms with E-state index in [2.05, 4.69) is 15.6 Å². The van der Waals surface area contributed by atoms with Crippen molar-refractivity contribution >= 4 is 39.8 Å². The molecular formula is C18H27FIN3O3S. The summed E-state index contributed by atoms with van der Waals surface area (Å²) in [6, 6.07) is 4.59. The smallest absolute Gasteiger partial charge is 0.191 e. The van der Waals surface area contributed by atoms with Gasteiger partial charge in [-0.1, -0.05) is 0 Å². The standard InChI is InChI=1S/C18H26FN3O3S.HI/c1-12(2)21-18(20-10-13-6-8-26(23,24)11-13)22-16-5-7-25-17-4-3-14(19)9-15(16)17;/h3-4,9,12-13,16H,5-8,10-11H2,1-2H3,(H2,20,21,22);1H. The normalized spacial score (nSPS) is 23.9. The van der Waals surface area contributed by atoms with E-state index >= 15 is 0 Å². The highest BCUT2D eigenvalue weighted by molar-refractivity contribution is 14.0. The quantitative estimate of drug-likeness (QED) is 0.369. The number of ether oxygens (including phenoxy) is 1. The van der Waals surface area contributed by atoms with Gasteiger partial charge >= 0.3 is 0 Å². The monoisotopic (exact) mass is 511 g/mol. The third kappa shape index (κ3) is 6.20. The molecule has 0 bridgehead atoms. The first-order valence-electron chi connectivity index (χ1n) is 9.02. The van der Waals surface area contributed by atoms with Gasteiger partial charge in [0.2, 0.25) is 0 Å². The minimum absolute atomic E-state index is 0. The van der Waals surface area contributed by atoms with Gasteiger partial charge in [0, 0.05) is 24.6 Å². The Morgan fingerprint density at radius 3 is 2.81 bits per heavy atom. The van der Waals surface area contributed by atoms with Gasteiger partial charge in [0.25, 0.3) is 0 Å². The maximum Gasteiger partial charge on any atom is 0.191 e. The number of nitrogens with one attached hydrogen (secondary N) is 2. The maximum absolute atomic E-state index is 13.7. The van der Waals surface area contributed by atoms with Gasteiger partial charge in [-0.2, -0.15) is 0 Å². The summed E-state index contributed by atoms with van der Waals surface area (Å²) >= 11 is 0. The Morgan fingerprint density at radius 2 is 2.15 bits per heavy atom. The van der Waals surface area contributed by atoms with Crippen molar-refractivity contribution in [3.05, 3.63) is 29.6 Å². The highest BCUT2D eigenvalue weighted by Crippen LogP contribution is 2.32. The lowest BCUT2D eigenvalue weighted by molar-refractivity contribution is 0.260. The van der Waals surface area contributed by atoms with Crippen LogP contribution < -0.4 is 15.4 Å².